The molecule has 0 aliphatic rings. The van der Waals surface area contributed by atoms with Gasteiger partial charge in [-0.3, -0.25) is 0 Å². The van der Waals surface area contributed by atoms with Crippen molar-refractivity contribution in [3.8, 4) is 11.5 Å². The zero-order valence-electron chi connectivity index (χ0n) is 14.9. The van der Waals surface area contributed by atoms with Crippen molar-refractivity contribution in [3.63, 3.8) is 0 Å². The quantitative estimate of drug-likeness (QED) is 0.426. The van der Waals surface area contributed by atoms with Crippen molar-refractivity contribution in [2.24, 2.45) is 0 Å². The first-order valence-corrected chi connectivity index (χ1v) is 8.38. The van der Waals surface area contributed by atoms with Crippen LogP contribution in [0.15, 0.2) is 42.5 Å². The second-order valence-electron chi connectivity index (χ2n) is 5.82. The summed E-state index contributed by atoms with van der Waals surface area (Å²) >= 11 is 0. The van der Waals surface area contributed by atoms with E-state index in [-0.39, 0.29) is 5.57 Å². The molecule has 0 atom stereocenters. The second kappa shape index (κ2) is 8.92. The van der Waals surface area contributed by atoms with Crippen LogP contribution >= 0.6 is 0 Å². The van der Waals surface area contributed by atoms with Crippen molar-refractivity contribution in [1.82, 2.24) is 0 Å². The second-order valence-corrected chi connectivity index (χ2v) is 5.82. The molecule has 0 aromatic heterocycles. The zero-order chi connectivity index (χ0) is 18.2. The number of aliphatic carboxylic acids is 1. The Morgan fingerprint density at radius 1 is 1.16 bits per heavy atom. The number of benzene rings is 2. The maximum absolute atomic E-state index is 11.7. The molecule has 0 aliphatic carbocycles. The number of carboxylic acid groups (broad SMARTS) is 1. The topological polar surface area (TPSA) is 55.8 Å². The third-order valence-electron chi connectivity index (χ3n) is 3.89. The van der Waals surface area contributed by atoms with E-state index in [1.54, 1.807) is 25.3 Å². The number of carboxylic acids is 1. The number of carbonyl (C=O) groups is 1. The van der Waals surface area contributed by atoms with Gasteiger partial charge in [-0.15, -0.1) is 0 Å². The van der Waals surface area contributed by atoms with Gasteiger partial charge in [0.1, 0.15) is 11.5 Å². The fourth-order valence-corrected chi connectivity index (χ4v) is 2.48. The maximum Gasteiger partial charge on any atom is 0.336 e. The average molecular weight is 340 g/mol. The van der Waals surface area contributed by atoms with Crippen LogP contribution in [0.2, 0.25) is 0 Å². The van der Waals surface area contributed by atoms with Crippen molar-refractivity contribution >= 4 is 17.6 Å². The minimum Gasteiger partial charge on any atom is -0.496 e. The van der Waals surface area contributed by atoms with E-state index in [1.165, 1.54) is 0 Å². The molecule has 0 fully saturated rings. The SMILES string of the molecule is CCCCOc1ccc(/C=C(\C(=O)O)c2ccc(OC)c(C)c2)cc1. The average Bonchev–Trinajstić information content (AvgIpc) is 2.61. The molecule has 132 valence electrons. The number of aryl methyl sites for hydroxylation is 1. The molecular weight excluding hydrogens is 316 g/mol. The molecule has 2 aromatic rings. The largest absolute Gasteiger partial charge is 0.496 e. The molecule has 0 spiro atoms. The molecule has 2 aromatic carbocycles. The summed E-state index contributed by atoms with van der Waals surface area (Å²) in [5.41, 5.74) is 2.60. The Bertz CT molecular complexity index is 745. The Kier molecular flexibility index (Phi) is 6.63. The maximum atomic E-state index is 11.7. The Morgan fingerprint density at radius 2 is 1.88 bits per heavy atom. The first-order valence-electron chi connectivity index (χ1n) is 8.38. The summed E-state index contributed by atoms with van der Waals surface area (Å²) in [5.74, 6) is 0.567. The van der Waals surface area contributed by atoms with Crippen LogP contribution in [-0.4, -0.2) is 24.8 Å². The van der Waals surface area contributed by atoms with Gasteiger partial charge in [0, 0.05) is 0 Å². The molecule has 0 saturated heterocycles. The van der Waals surface area contributed by atoms with Crippen molar-refractivity contribution in [2.75, 3.05) is 13.7 Å². The third-order valence-corrected chi connectivity index (χ3v) is 3.89. The number of unbranched alkanes of at least 4 members (excludes halogenated alkanes) is 1. The van der Waals surface area contributed by atoms with Gasteiger partial charge in [-0.2, -0.15) is 0 Å². The molecule has 0 radical (unpaired) electrons. The van der Waals surface area contributed by atoms with Gasteiger partial charge in [-0.05, 0) is 60.4 Å². The highest BCUT2D eigenvalue weighted by atomic mass is 16.5. The van der Waals surface area contributed by atoms with Crippen molar-refractivity contribution in [2.45, 2.75) is 26.7 Å². The molecule has 1 N–H and O–H groups in total. The lowest BCUT2D eigenvalue weighted by molar-refractivity contribution is -0.130. The lowest BCUT2D eigenvalue weighted by atomic mass is 10.0. The first kappa shape index (κ1) is 18.6. The van der Waals surface area contributed by atoms with Gasteiger partial charge in [0.15, 0.2) is 0 Å². The Balaban J connectivity index is 2.25. The lowest BCUT2D eigenvalue weighted by Gasteiger charge is -2.09. The molecule has 25 heavy (non-hydrogen) atoms. The van der Waals surface area contributed by atoms with Gasteiger partial charge >= 0.3 is 5.97 Å². The van der Waals surface area contributed by atoms with E-state index >= 15 is 0 Å². The highest BCUT2D eigenvalue weighted by molar-refractivity contribution is 6.20. The van der Waals surface area contributed by atoms with E-state index in [4.69, 9.17) is 9.47 Å². The van der Waals surface area contributed by atoms with E-state index in [1.807, 2.05) is 37.3 Å². The normalized spacial score (nSPS) is 11.2. The summed E-state index contributed by atoms with van der Waals surface area (Å²) in [6.45, 7) is 4.70. The van der Waals surface area contributed by atoms with Crippen LogP contribution < -0.4 is 9.47 Å². The van der Waals surface area contributed by atoms with Crippen molar-refractivity contribution in [1.29, 1.82) is 0 Å². The van der Waals surface area contributed by atoms with E-state index in [2.05, 4.69) is 6.92 Å². The summed E-state index contributed by atoms with van der Waals surface area (Å²) < 4.78 is 10.9. The molecular formula is C21H24O4. The predicted molar refractivity (Wildman–Crippen MR) is 100 cm³/mol. The fourth-order valence-electron chi connectivity index (χ4n) is 2.48. The summed E-state index contributed by atoms with van der Waals surface area (Å²) in [6.07, 6.45) is 3.77. The minimum atomic E-state index is -0.965. The fraction of sp³-hybridized carbons (Fsp3) is 0.286. The van der Waals surface area contributed by atoms with Crippen molar-refractivity contribution in [3.05, 3.63) is 59.2 Å². The van der Waals surface area contributed by atoms with Gasteiger partial charge in [0.05, 0.1) is 19.3 Å². The van der Waals surface area contributed by atoms with Gasteiger partial charge in [-0.25, -0.2) is 4.79 Å². The van der Waals surface area contributed by atoms with Crippen LogP contribution in [0.1, 0.15) is 36.5 Å². The monoisotopic (exact) mass is 340 g/mol. The van der Waals surface area contributed by atoms with Crippen LogP contribution in [-0.2, 0) is 4.79 Å². The Labute approximate surface area is 148 Å². The Hall–Kier alpha value is -2.75. The van der Waals surface area contributed by atoms with Gasteiger partial charge in [-0.1, -0.05) is 31.5 Å². The summed E-state index contributed by atoms with van der Waals surface area (Å²) in [7, 11) is 1.60. The summed E-state index contributed by atoms with van der Waals surface area (Å²) in [5, 5.41) is 9.58. The first-order chi connectivity index (χ1) is 12.0. The van der Waals surface area contributed by atoms with Crippen LogP contribution in [0.3, 0.4) is 0 Å². The molecule has 2 rings (SSSR count). The summed E-state index contributed by atoms with van der Waals surface area (Å²) in [6, 6.07) is 12.8. The van der Waals surface area contributed by atoms with Gasteiger partial charge in [0.25, 0.3) is 0 Å². The van der Waals surface area contributed by atoms with Crippen molar-refractivity contribution < 1.29 is 19.4 Å². The molecule has 0 amide bonds. The molecule has 0 bridgehead atoms. The van der Waals surface area contributed by atoms with E-state index in [0.717, 1.165) is 35.5 Å². The standard InChI is InChI=1S/C21H24O4/c1-4-5-12-25-18-9-6-16(7-10-18)14-19(21(22)23)17-8-11-20(24-3)15(2)13-17/h6-11,13-14H,4-5,12H2,1-3H3,(H,22,23)/b19-14-. The number of ether oxygens (including phenoxy) is 2. The smallest absolute Gasteiger partial charge is 0.336 e. The van der Waals surface area contributed by atoms with Crippen LogP contribution in [0.25, 0.3) is 11.6 Å². The number of hydrogen-bond acceptors (Lipinski definition) is 3. The van der Waals surface area contributed by atoms with E-state index < -0.39 is 5.97 Å². The third kappa shape index (κ3) is 5.11. The molecule has 0 heterocycles. The van der Waals surface area contributed by atoms with Gasteiger partial charge in [0.2, 0.25) is 0 Å². The van der Waals surface area contributed by atoms with Gasteiger partial charge < -0.3 is 14.6 Å². The molecule has 0 saturated carbocycles. The van der Waals surface area contributed by atoms with E-state index in [0.29, 0.717) is 12.2 Å². The minimum absolute atomic E-state index is 0.241. The van der Waals surface area contributed by atoms with E-state index in [9.17, 15) is 9.90 Å². The molecule has 0 aliphatic heterocycles. The lowest BCUT2D eigenvalue weighted by Crippen LogP contribution is -2.01. The number of hydrogen-bond donors (Lipinski definition) is 1. The molecule has 4 nitrogen and oxygen atoms in total. The highest BCUT2D eigenvalue weighted by Gasteiger charge is 2.12. The highest BCUT2D eigenvalue weighted by Crippen LogP contribution is 2.25. The number of rotatable bonds is 8. The Morgan fingerprint density at radius 3 is 2.44 bits per heavy atom. The zero-order valence-corrected chi connectivity index (χ0v) is 14.9. The molecule has 0 unspecified atom stereocenters. The van der Waals surface area contributed by atoms with Crippen LogP contribution in [0.5, 0.6) is 11.5 Å². The molecule has 4 heteroatoms. The van der Waals surface area contributed by atoms with Crippen LogP contribution in [0, 0.1) is 6.92 Å². The number of methoxy groups -OCH3 is 1. The summed E-state index contributed by atoms with van der Waals surface area (Å²) in [4.78, 5) is 11.7. The van der Waals surface area contributed by atoms with Crippen LogP contribution in [0.4, 0.5) is 0 Å². The predicted octanol–water partition coefficient (Wildman–Crippen LogP) is 4.81.